The van der Waals surface area contributed by atoms with Crippen molar-refractivity contribution < 1.29 is 17.6 Å². The van der Waals surface area contributed by atoms with Gasteiger partial charge in [0, 0.05) is 19.2 Å². The van der Waals surface area contributed by atoms with Gasteiger partial charge in [-0.2, -0.15) is 0 Å². The van der Waals surface area contributed by atoms with Gasteiger partial charge in [0.25, 0.3) is 15.9 Å². The number of amides is 1. The maximum absolute atomic E-state index is 13.1. The van der Waals surface area contributed by atoms with Crippen LogP contribution in [-0.4, -0.2) is 27.9 Å². The van der Waals surface area contributed by atoms with Crippen molar-refractivity contribution in [3.63, 3.8) is 0 Å². The normalized spacial score (nSPS) is 11.2. The Balaban J connectivity index is 1.63. The Morgan fingerprint density at radius 3 is 2.35 bits per heavy atom. The van der Waals surface area contributed by atoms with Crippen LogP contribution in [0, 0.1) is 12.7 Å². The summed E-state index contributed by atoms with van der Waals surface area (Å²) >= 11 is 0. The van der Waals surface area contributed by atoms with E-state index in [-0.39, 0.29) is 16.4 Å². The van der Waals surface area contributed by atoms with Gasteiger partial charge in [0.05, 0.1) is 10.6 Å². The smallest absolute Gasteiger partial charge is 0.264 e. The van der Waals surface area contributed by atoms with Crippen LogP contribution in [0.5, 0.6) is 0 Å². The number of hydrogen-bond donors (Lipinski definition) is 1. The van der Waals surface area contributed by atoms with Gasteiger partial charge in [-0.3, -0.25) is 9.10 Å². The van der Waals surface area contributed by atoms with E-state index in [2.05, 4.69) is 29.6 Å². The molecule has 0 saturated carbocycles. The molecule has 0 saturated heterocycles. The fourth-order valence-electron chi connectivity index (χ4n) is 3.10. The van der Waals surface area contributed by atoms with Crippen molar-refractivity contribution in [2.24, 2.45) is 0 Å². The summed E-state index contributed by atoms with van der Waals surface area (Å²) in [6, 6.07) is 19.3. The molecule has 31 heavy (non-hydrogen) atoms. The summed E-state index contributed by atoms with van der Waals surface area (Å²) in [5, 5.41) is 2.84. The number of nitrogens with zero attached hydrogens (tertiary/aromatic N) is 1. The van der Waals surface area contributed by atoms with E-state index >= 15 is 0 Å². The van der Waals surface area contributed by atoms with Crippen LogP contribution >= 0.6 is 0 Å². The average molecular weight is 441 g/mol. The molecule has 3 aromatic carbocycles. The van der Waals surface area contributed by atoms with E-state index < -0.39 is 15.8 Å². The quantitative estimate of drug-likeness (QED) is 0.531. The number of hydrogen-bond acceptors (Lipinski definition) is 3. The van der Waals surface area contributed by atoms with Crippen LogP contribution in [-0.2, 0) is 16.4 Å². The lowest BCUT2D eigenvalue weighted by atomic mass is 10.1. The maximum Gasteiger partial charge on any atom is 0.264 e. The van der Waals surface area contributed by atoms with Gasteiger partial charge in [0.1, 0.15) is 5.82 Å². The standard InChI is InChI=1S/C24H25FN2O3S/c1-18-8-10-19(11-9-18)5-4-16-26-24(28)20-6-3-7-23(17-20)31(29,30)27(2)22-14-12-21(25)13-15-22/h3,6-15,17H,4-5,16H2,1-2H3,(H,26,28). The highest BCUT2D eigenvalue weighted by molar-refractivity contribution is 7.92. The van der Waals surface area contributed by atoms with E-state index in [1.165, 1.54) is 60.6 Å². The van der Waals surface area contributed by atoms with E-state index in [1.54, 1.807) is 6.07 Å². The molecule has 0 fully saturated rings. The van der Waals surface area contributed by atoms with Crippen molar-refractivity contribution in [2.45, 2.75) is 24.7 Å². The Hall–Kier alpha value is -3.19. The number of benzene rings is 3. The topological polar surface area (TPSA) is 66.5 Å². The van der Waals surface area contributed by atoms with E-state index in [9.17, 15) is 17.6 Å². The third-order valence-electron chi connectivity index (χ3n) is 4.99. The molecule has 0 bridgehead atoms. The molecule has 7 heteroatoms. The SMILES string of the molecule is Cc1ccc(CCCNC(=O)c2cccc(S(=O)(=O)N(C)c3ccc(F)cc3)c2)cc1. The molecular weight excluding hydrogens is 415 g/mol. The predicted molar refractivity (Wildman–Crippen MR) is 120 cm³/mol. The van der Waals surface area contributed by atoms with Crippen molar-refractivity contribution in [2.75, 3.05) is 17.9 Å². The summed E-state index contributed by atoms with van der Waals surface area (Å²) in [6.45, 7) is 2.52. The van der Waals surface area contributed by atoms with Crippen LogP contribution in [0.3, 0.4) is 0 Å². The van der Waals surface area contributed by atoms with E-state index in [4.69, 9.17) is 0 Å². The molecular formula is C24H25FN2O3S. The minimum Gasteiger partial charge on any atom is -0.352 e. The summed E-state index contributed by atoms with van der Waals surface area (Å²) < 4.78 is 40.1. The second-order valence-electron chi connectivity index (χ2n) is 7.32. The Kier molecular flexibility index (Phi) is 7.07. The number of carbonyl (C=O) groups is 1. The van der Waals surface area contributed by atoms with Crippen LogP contribution in [0.2, 0.25) is 0 Å². The zero-order valence-corrected chi connectivity index (χ0v) is 18.3. The van der Waals surface area contributed by atoms with Gasteiger partial charge in [0.2, 0.25) is 0 Å². The first-order valence-electron chi connectivity index (χ1n) is 9.96. The number of carbonyl (C=O) groups excluding carboxylic acids is 1. The number of rotatable bonds is 8. The van der Waals surface area contributed by atoms with Gasteiger partial charge in [-0.1, -0.05) is 35.9 Å². The number of aryl methyl sites for hydroxylation is 2. The Bertz CT molecular complexity index is 1140. The fourth-order valence-corrected chi connectivity index (χ4v) is 4.34. The average Bonchev–Trinajstić information content (AvgIpc) is 2.78. The van der Waals surface area contributed by atoms with Crippen molar-refractivity contribution in [3.8, 4) is 0 Å². The highest BCUT2D eigenvalue weighted by Gasteiger charge is 2.22. The molecule has 5 nitrogen and oxygen atoms in total. The molecule has 0 radical (unpaired) electrons. The summed E-state index contributed by atoms with van der Waals surface area (Å²) in [4.78, 5) is 12.5. The van der Waals surface area contributed by atoms with Crippen LogP contribution < -0.4 is 9.62 Å². The molecule has 1 amide bonds. The minimum absolute atomic E-state index is 0.00775. The molecule has 0 unspecified atom stereocenters. The largest absolute Gasteiger partial charge is 0.352 e. The summed E-state index contributed by atoms with van der Waals surface area (Å²) in [7, 11) is -2.51. The van der Waals surface area contributed by atoms with E-state index in [1.807, 2.05) is 6.92 Å². The number of halogens is 1. The van der Waals surface area contributed by atoms with Crippen molar-refractivity contribution in [3.05, 3.63) is 95.3 Å². The number of nitrogens with one attached hydrogen (secondary N) is 1. The van der Waals surface area contributed by atoms with Crippen molar-refractivity contribution in [1.82, 2.24) is 5.32 Å². The predicted octanol–water partition coefficient (Wildman–Crippen LogP) is 4.32. The first kappa shape index (κ1) is 22.5. The summed E-state index contributed by atoms with van der Waals surface area (Å²) in [5.74, 6) is -0.777. The second kappa shape index (κ2) is 9.75. The molecule has 0 heterocycles. The van der Waals surface area contributed by atoms with Gasteiger partial charge in [-0.25, -0.2) is 12.8 Å². The molecule has 1 N–H and O–H groups in total. The third kappa shape index (κ3) is 5.70. The monoisotopic (exact) mass is 440 g/mol. The number of anilines is 1. The van der Waals surface area contributed by atoms with Crippen LogP contribution in [0.4, 0.5) is 10.1 Å². The lowest BCUT2D eigenvalue weighted by Gasteiger charge is -2.19. The molecule has 162 valence electrons. The molecule has 3 rings (SSSR count). The van der Waals surface area contributed by atoms with Gasteiger partial charge in [0.15, 0.2) is 0 Å². The molecule has 0 aliphatic rings. The maximum atomic E-state index is 13.1. The first-order valence-corrected chi connectivity index (χ1v) is 11.4. The Morgan fingerprint density at radius 2 is 1.68 bits per heavy atom. The molecule has 0 aliphatic carbocycles. The van der Waals surface area contributed by atoms with Crippen molar-refractivity contribution >= 4 is 21.6 Å². The van der Waals surface area contributed by atoms with Crippen LogP contribution in [0.1, 0.15) is 27.9 Å². The van der Waals surface area contributed by atoms with Crippen LogP contribution in [0.15, 0.2) is 77.7 Å². The highest BCUT2D eigenvalue weighted by Crippen LogP contribution is 2.23. The summed E-state index contributed by atoms with van der Waals surface area (Å²) in [6.07, 6.45) is 1.62. The molecule has 0 aromatic heterocycles. The van der Waals surface area contributed by atoms with Gasteiger partial charge in [-0.05, 0) is 67.8 Å². The van der Waals surface area contributed by atoms with Gasteiger partial charge in [-0.15, -0.1) is 0 Å². The van der Waals surface area contributed by atoms with Gasteiger partial charge >= 0.3 is 0 Å². The van der Waals surface area contributed by atoms with Crippen molar-refractivity contribution in [1.29, 1.82) is 0 Å². The highest BCUT2D eigenvalue weighted by atomic mass is 32.2. The fraction of sp³-hybridized carbons (Fsp3) is 0.208. The Morgan fingerprint density at radius 1 is 1.00 bits per heavy atom. The minimum atomic E-state index is -3.89. The second-order valence-corrected chi connectivity index (χ2v) is 9.29. The third-order valence-corrected chi connectivity index (χ3v) is 6.77. The molecule has 0 aliphatic heterocycles. The van der Waals surface area contributed by atoms with E-state index in [0.29, 0.717) is 12.2 Å². The Labute approximate surface area is 182 Å². The molecule has 3 aromatic rings. The van der Waals surface area contributed by atoms with Gasteiger partial charge < -0.3 is 5.32 Å². The van der Waals surface area contributed by atoms with E-state index in [0.717, 1.165) is 17.1 Å². The lowest BCUT2D eigenvalue weighted by Crippen LogP contribution is -2.28. The lowest BCUT2D eigenvalue weighted by molar-refractivity contribution is 0.0953. The molecule has 0 spiro atoms. The zero-order chi connectivity index (χ0) is 22.4. The zero-order valence-electron chi connectivity index (χ0n) is 17.5. The number of sulfonamides is 1. The first-order chi connectivity index (χ1) is 14.8. The summed E-state index contributed by atoms with van der Waals surface area (Å²) in [5.41, 5.74) is 3.00. The van der Waals surface area contributed by atoms with Crippen LogP contribution in [0.25, 0.3) is 0 Å². The molecule has 0 atom stereocenters.